The lowest BCUT2D eigenvalue weighted by Gasteiger charge is -2.18. The van der Waals surface area contributed by atoms with E-state index in [4.69, 9.17) is 5.11 Å². The van der Waals surface area contributed by atoms with E-state index in [1.165, 1.54) is 0 Å². The van der Waals surface area contributed by atoms with Crippen molar-refractivity contribution in [3.05, 3.63) is 24.0 Å². The van der Waals surface area contributed by atoms with Gasteiger partial charge in [-0.3, -0.25) is 9.59 Å². The Labute approximate surface area is 100 Å². The number of hydrogen-bond donors (Lipinski definition) is 3. The Morgan fingerprint density at radius 1 is 1.47 bits per heavy atom. The van der Waals surface area contributed by atoms with Crippen molar-refractivity contribution >= 4 is 11.9 Å². The molecule has 5 heteroatoms. The second-order valence-electron chi connectivity index (χ2n) is 4.66. The van der Waals surface area contributed by atoms with Crippen LogP contribution in [0.15, 0.2) is 18.3 Å². The van der Waals surface area contributed by atoms with Crippen molar-refractivity contribution in [2.45, 2.75) is 26.7 Å². The van der Waals surface area contributed by atoms with Crippen LogP contribution in [0.1, 0.15) is 26.0 Å². The monoisotopic (exact) mass is 238 g/mol. The number of amides is 1. The molecule has 0 spiro atoms. The van der Waals surface area contributed by atoms with Crippen molar-refractivity contribution in [2.24, 2.45) is 5.41 Å². The molecule has 0 aromatic carbocycles. The molecule has 0 fully saturated rings. The van der Waals surface area contributed by atoms with Crippen molar-refractivity contribution in [2.75, 3.05) is 6.54 Å². The Hall–Kier alpha value is -1.78. The predicted octanol–water partition coefficient (Wildman–Crippen LogP) is 1.17. The summed E-state index contributed by atoms with van der Waals surface area (Å²) in [5, 5.41) is 11.6. The Kier molecular flexibility index (Phi) is 4.31. The van der Waals surface area contributed by atoms with Crippen LogP contribution in [0, 0.1) is 5.41 Å². The van der Waals surface area contributed by atoms with Crippen LogP contribution in [0.25, 0.3) is 0 Å². The molecule has 0 aliphatic rings. The second kappa shape index (κ2) is 5.52. The number of carboxylic acids is 1. The molecule has 0 aliphatic heterocycles. The van der Waals surface area contributed by atoms with Crippen molar-refractivity contribution in [1.82, 2.24) is 10.3 Å². The third kappa shape index (κ3) is 4.30. The first-order valence-electron chi connectivity index (χ1n) is 5.54. The van der Waals surface area contributed by atoms with Gasteiger partial charge in [-0.15, -0.1) is 0 Å². The molecule has 0 aliphatic carbocycles. The minimum Gasteiger partial charge on any atom is -0.481 e. The maximum Gasteiger partial charge on any atom is 0.309 e. The summed E-state index contributed by atoms with van der Waals surface area (Å²) >= 11 is 0. The molecule has 0 bridgehead atoms. The van der Waals surface area contributed by atoms with Crippen LogP contribution in [-0.2, 0) is 16.0 Å². The van der Waals surface area contributed by atoms with E-state index >= 15 is 0 Å². The van der Waals surface area contributed by atoms with E-state index in [0.717, 1.165) is 5.69 Å². The fourth-order valence-corrected chi connectivity index (χ4v) is 1.40. The molecular weight excluding hydrogens is 220 g/mol. The van der Waals surface area contributed by atoms with Crippen LogP contribution in [0.3, 0.4) is 0 Å². The molecule has 94 valence electrons. The Bertz CT molecular complexity index is 382. The number of aromatic amines is 1. The van der Waals surface area contributed by atoms with E-state index in [1.54, 1.807) is 13.8 Å². The van der Waals surface area contributed by atoms with Crippen molar-refractivity contribution in [1.29, 1.82) is 0 Å². The molecule has 17 heavy (non-hydrogen) atoms. The van der Waals surface area contributed by atoms with Gasteiger partial charge in [-0.1, -0.05) is 0 Å². The van der Waals surface area contributed by atoms with Gasteiger partial charge in [0, 0.05) is 31.3 Å². The highest BCUT2D eigenvalue weighted by atomic mass is 16.4. The zero-order valence-corrected chi connectivity index (χ0v) is 10.1. The van der Waals surface area contributed by atoms with Crippen LogP contribution >= 0.6 is 0 Å². The van der Waals surface area contributed by atoms with Gasteiger partial charge in [0.05, 0.1) is 5.41 Å². The van der Waals surface area contributed by atoms with Gasteiger partial charge < -0.3 is 15.4 Å². The molecule has 0 saturated carbocycles. The van der Waals surface area contributed by atoms with Crippen molar-refractivity contribution in [3.8, 4) is 0 Å². The lowest BCUT2D eigenvalue weighted by atomic mass is 9.89. The number of H-pyrrole nitrogens is 1. The number of carbonyl (C=O) groups is 2. The topological polar surface area (TPSA) is 82.2 Å². The molecule has 1 rings (SSSR count). The Morgan fingerprint density at radius 2 is 2.18 bits per heavy atom. The third-order valence-corrected chi connectivity index (χ3v) is 2.56. The average Bonchev–Trinajstić information content (AvgIpc) is 2.69. The first-order chi connectivity index (χ1) is 7.92. The zero-order chi connectivity index (χ0) is 12.9. The van der Waals surface area contributed by atoms with E-state index < -0.39 is 11.4 Å². The molecule has 0 radical (unpaired) electrons. The van der Waals surface area contributed by atoms with E-state index in [0.29, 0.717) is 13.0 Å². The van der Waals surface area contributed by atoms with Crippen LogP contribution in [0.2, 0.25) is 0 Å². The fraction of sp³-hybridized carbons (Fsp3) is 0.500. The summed E-state index contributed by atoms with van der Waals surface area (Å²) in [5.41, 5.74) is 0.0269. The summed E-state index contributed by atoms with van der Waals surface area (Å²) in [5.74, 6) is -1.19. The van der Waals surface area contributed by atoms with Crippen LogP contribution in [0.4, 0.5) is 0 Å². The zero-order valence-electron chi connectivity index (χ0n) is 10.1. The standard InChI is InChI=1S/C12H18N2O3/c1-12(2,11(16)17)8-10(15)14-7-5-9-4-3-6-13-9/h3-4,6,13H,5,7-8H2,1-2H3,(H,14,15)(H,16,17). The molecule has 0 atom stereocenters. The van der Waals surface area contributed by atoms with Gasteiger partial charge in [0.15, 0.2) is 0 Å². The Balaban J connectivity index is 2.28. The minimum absolute atomic E-state index is 0.00689. The summed E-state index contributed by atoms with van der Waals surface area (Å²) in [6.07, 6.45) is 2.53. The minimum atomic E-state index is -1.02. The number of nitrogens with one attached hydrogen (secondary N) is 2. The largest absolute Gasteiger partial charge is 0.481 e. The molecule has 0 unspecified atom stereocenters. The number of aliphatic carboxylic acids is 1. The number of rotatable bonds is 6. The molecule has 1 heterocycles. The van der Waals surface area contributed by atoms with Crippen molar-refractivity contribution in [3.63, 3.8) is 0 Å². The van der Waals surface area contributed by atoms with E-state index in [9.17, 15) is 9.59 Å². The smallest absolute Gasteiger partial charge is 0.309 e. The number of aromatic nitrogens is 1. The molecule has 5 nitrogen and oxygen atoms in total. The highest BCUT2D eigenvalue weighted by Crippen LogP contribution is 2.19. The van der Waals surface area contributed by atoms with Gasteiger partial charge >= 0.3 is 5.97 Å². The number of carbonyl (C=O) groups excluding carboxylic acids is 1. The summed E-state index contributed by atoms with van der Waals surface area (Å²) in [6, 6.07) is 3.83. The highest BCUT2D eigenvalue weighted by Gasteiger charge is 2.29. The third-order valence-electron chi connectivity index (χ3n) is 2.56. The predicted molar refractivity (Wildman–Crippen MR) is 63.5 cm³/mol. The summed E-state index contributed by atoms with van der Waals surface area (Å²) in [6.45, 7) is 3.59. The molecular formula is C12H18N2O3. The molecule has 1 aromatic heterocycles. The maximum absolute atomic E-state index is 11.5. The first kappa shape index (κ1) is 13.3. The fourth-order valence-electron chi connectivity index (χ4n) is 1.40. The van der Waals surface area contributed by atoms with Gasteiger partial charge in [-0.2, -0.15) is 0 Å². The van der Waals surface area contributed by atoms with Crippen LogP contribution in [0.5, 0.6) is 0 Å². The molecule has 1 aromatic rings. The van der Waals surface area contributed by atoms with E-state index in [2.05, 4.69) is 10.3 Å². The summed E-state index contributed by atoms with van der Waals surface area (Å²) in [4.78, 5) is 25.4. The molecule has 1 amide bonds. The van der Waals surface area contributed by atoms with Gasteiger partial charge in [-0.25, -0.2) is 0 Å². The highest BCUT2D eigenvalue weighted by molar-refractivity contribution is 5.84. The summed E-state index contributed by atoms with van der Waals surface area (Å²) in [7, 11) is 0. The SMILES string of the molecule is CC(C)(CC(=O)NCCc1ccc[nH]1)C(=O)O. The van der Waals surface area contributed by atoms with Crippen LogP contribution in [-0.4, -0.2) is 28.5 Å². The first-order valence-corrected chi connectivity index (χ1v) is 5.54. The maximum atomic E-state index is 11.5. The second-order valence-corrected chi connectivity index (χ2v) is 4.66. The van der Waals surface area contributed by atoms with Gasteiger partial charge in [0.25, 0.3) is 0 Å². The lowest BCUT2D eigenvalue weighted by Crippen LogP contribution is -2.34. The van der Waals surface area contributed by atoms with E-state index in [1.807, 2.05) is 18.3 Å². The summed E-state index contributed by atoms with van der Waals surface area (Å²) < 4.78 is 0. The molecule has 3 N–H and O–H groups in total. The van der Waals surface area contributed by atoms with Crippen LogP contribution < -0.4 is 5.32 Å². The lowest BCUT2D eigenvalue weighted by molar-refractivity contribution is -0.149. The average molecular weight is 238 g/mol. The van der Waals surface area contributed by atoms with Gasteiger partial charge in [-0.05, 0) is 26.0 Å². The molecule has 0 saturated heterocycles. The quantitative estimate of drug-likeness (QED) is 0.695. The number of hydrogen-bond acceptors (Lipinski definition) is 2. The van der Waals surface area contributed by atoms with Gasteiger partial charge in [0.2, 0.25) is 5.91 Å². The Morgan fingerprint density at radius 3 is 2.71 bits per heavy atom. The number of carboxylic acid groups (broad SMARTS) is 1. The van der Waals surface area contributed by atoms with Gasteiger partial charge in [0.1, 0.15) is 0 Å². The van der Waals surface area contributed by atoms with Crippen molar-refractivity contribution < 1.29 is 14.7 Å². The normalized spacial score (nSPS) is 11.2. The van der Waals surface area contributed by atoms with E-state index in [-0.39, 0.29) is 12.3 Å².